The molecule has 0 aliphatic carbocycles. The van der Waals surface area contributed by atoms with E-state index in [1.165, 1.54) is 12.4 Å². The Kier molecular flexibility index (Phi) is 4.05. The summed E-state index contributed by atoms with van der Waals surface area (Å²) < 4.78 is 25.3. The van der Waals surface area contributed by atoms with Crippen LogP contribution in [0.1, 0.15) is 13.3 Å². The van der Waals surface area contributed by atoms with Crippen molar-refractivity contribution in [2.45, 2.75) is 13.3 Å². The molecule has 0 saturated heterocycles. The van der Waals surface area contributed by atoms with E-state index in [9.17, 15) is 8.42 Å². The summed E-state index contributed by atoms with van der Waals surface area (Å²) in [7, 11) is 0.370. The van der Waals surface area contributed by atoms with Crippen LogP contribution in [0.15, 0.2) is 12.4 Å². The molecule has 0 amide bonds. The van der Waals surface area contributed by atoms with E-state index in [0.29, 0.717) is 18.1 Å². The van der Waals surface area contributed by atoms with Gasteiger partial charge in [0.25, 0.3) is 0 Å². The molecule has 0 spiro atoms. The third-order valence-electron chi connectivity index (χ3n) is 1.78. The molecule has 0 bridgehead atoms. The molecule has 1 aromatic rings. The number of aromatic nitrogens is 2. The topological polar surface area (TPSA) is 75.2 Å². The normalized spacial score (nSPS) is 11.2. The quantitative estimate of drug-likeness (QED) is 0.825. The molecule has 1 heterocycles. The molecular formula is C9H16N4O2S. The van der Waals surface area contributed by atoms with E-state index in [-0.39, 0.29) is 5.75 Å². The zero-order valence-corrected chi connectivity index (χ0v) is 10.5. The average Bonchev–Trinajstić information content (AvgIpc) is 2.17. The van der Waals surface area contributed by atoms with E-state index >= 15 is 0 Å². The van der Waals surface area contributed by atoms with E-state index in [1.807, 2.05) is 21.0 Å². The Hall–Kier alpha value is -1.37. The average molecular weight is 244 g/mol. The molecule has 0 aromatic carbocycles. The minimum Gasteiger partial charge on any atom is -0.347 e. The minimum absolute atomic E-state index is 0.0996. The van der Waals surface area contributed by atoms with Crippen molar-refractivity contribution >= 4 is 21.7 Å². The zero-order chi connectivity index (χ0) is 12.2. The monoisotopic (exact) mass is 244 g/mol. The molecule has 1 rings (SSSR count). The molecule has 0 unspecified atom stereocenters. The van der Waals surface area contributed by atoms with Crippen LogP contribution in [0.3, 0.4) is 0 Å². The van der Waals surface area contributed by atoms with Crippen molar-refractivity contribution < 1.29 is 8.42 Å². The van der Waals surface area contributed by atoms with Gasteiger partial charge >= 0.3 is 0 Å². The third kappa shape index (κ3) is 3.65. The van der Waals surface area contributed by atoms with Crippen LogP contribution in [0.2, 0.25) is 0 Å². The van der Waals surface area contributed by atoms with Crippen molar-refractivity contribution in [3.63, 3.8) is 0 Å². The van der Waals surface area contributed by atoms with Gasteiger partial charge < -0.3 is 4.90 Å². The summed E-state index contributed by atoms with van der Waals surface area (Å²) in [5.41, 5.74) is 0.388. The molecule has 1 aromatic heterocycles. The Morgan fingerprint density at radius 1 is 1.31 bits per heavy atom. The Balaban J connectivity index is 2.76. The van der Waals surface area contributed by atoms with Gasteiger partial charge in [-0.1, -0.05) is 6.92 Å². The van der Waals surface area contributed by atoms with Gasteiger partial charge in [0.1, 0.15) is 0 Å². The van der Waals surface area contributed by atoms with Crippen LogP contribution < -0.4 is 9.62 Å². The number of nitrogens with one attached hydrogen (secondary N) is 1. The largest absolute Gasteiger partial charge is 0.347 e. The van der Waals surface area contributed by atoms with Gasteiger partial charge in [0.2, 0.25) is 16.0 Å². The molecule has 0 aliphatic heterocycles. The van der Waals surface area contributed by atoms with Gasteiger partial charge in [-0.25, -0.2) is 18.4 Å². The Bertz CT molecular complexity index is 427. The summed E-state index contributed by atoms with van der Waals surface area (Å²) in [4.78, 5) is 9.76. The first-order valence-electron chi connectivity index (χ1n) is 4.94. The van der Waals surface area contributed by atoms with Crippen molar-refractivity contribution in [2.75, 3.05) is 29.5 Å². The highest BCUT2D eigenvalue weighted by Crippen LogP contribution is 2.09. The lowest BCUT2D eigenvalue weighted by Gasteiger charge is -2.10. The molecule has 0 atom stereocenters. The van der Waals surface area contributed by atoms with Crippen molar-refractivity contribution in [2.24, 2.45) is 0 Å². The van der Waals surface area contributed by atoms with Gasteiger partial charge in [0.15, 0.2) is 0 Å². The lowest BCUT2D eigenvalue weighted by atomic mass is 10.6. The van der Waals surface area contributed by atoms with E-state index in [2.05, 4.69) is 14.7 Å². The summed E-state index contributed by atoms with van der Waals surface area (Å²) in [6.07, 6.45) is 3.48. The predicted octanol–water partition coefficient (Wildman–Crippen LogP) is 0.694. The molecule has 1 N–H and O–H groups in total. The molecular weight excluding hydrogens is 228 g/mol. The second kappa shape index (κ2) is 5.11. The number of nitrogens with zero attached hydrogens (tertiary/aromatic N) is 3. The van der Waals surface area contributed by atoms with Crippen molar-refractivity contribution in [3.05, 3.63) is 12.4 Å². The number of hydrogen-bond donors (Lipinski definition) is 1. The van der Waals surface area contributed by atoms with Crippen molar-refractivity contribution in [1.29, 1.82) is 0 Å². The Labute approximate surface area is 95.8 Å². The number of rotatable bonds is 5. The maximum absolute atomic E-state index is 11.4. The molecule has 0 radical (unpaired) electrons. The standard InChI is InChI=1S/C9H16N4O2S/c1-4-5-16(14,15)12-8-6-10-9(11-7-8)13(2)3/h6-7,12H,4-5H2,1-3H3. The van der Waals surface area contributed by atoms with Gasteiger partial charge in [-0.3, -0.25) is 4.72 Å². The molecule has 0 saturated carbocycles. The minimum atomic E-state index is -3.26. The van der Waals surface area contributed by atoms with Crippen LogP contribution >= 0.6 is 0 Å². The van der Waals surface area contributed by atoms with Gasteiger partial charge in [-0.15, -0.1) is 0 Å². The van der Waals surface area contributed by atoms with Gasteiger partial charge in [0.05, 0.1) is 23.8 Å². The highest BCUT2D eigenvalue weighted by Gasteiger charge is 2.09. The first-order chi connectivity index (χ1) is 7.44. The summed E-state index contributed by atoms with van der Waals surface area (Å²) in [6, 6.07) is 0. The second-order valence-corrected chi connectivity index (χ2v) is 5.43. The molecule has 7 heteroatoms. The van der Waals surface area contributed by atoms with Gasteiger partial charge in [-0.2, -0.15) is 0 Å². The summed E-state index contributed by atoms with van der Waals surface area (Å²) in [5.74, 6) is 0.640. The summed E-state index contributed by atoms with van der Waals surface area (Å²) in [5, 5.41) is 0. The SMILES string of the molecule is CCCS(=O)(=O)Nc1cnc(N(C)C)nc1. The van der Waals surface area contributed by atoms with Crippen LogP contribution in [-0.2, 0) is 10.0 Å². The fourth-order valence-corrected chi connectivity index (χ4v) is 2.21. The molecule has 90 valence electrons. The van der Waals surface area contributed by atoms with Crippen molar-refractivity contribution in [3.8, 4) is 0 Å². The maximum Gasteiger partial charge on any atom is 0.232 e. The van der Waals surface area contributed by atoms with E-state index in [1.54, 1.807) is 4.90 Å². The van der Waals surface area contributed by atoms with Gasteiger partial charge in [-0.05, 0) is 6.42 Å². The van der Waals surface area contributed by atoms with Crippen LogP contribution in [0, 0.1) is 0 Å². The van der Waals surface area contributed by atoms with Crippen LogP contribution in [-0.4, -0.2) is 38.2 Å². The Morgan fingerprint density at radius 3 is 2.31 bits per heavy atom. The molecule has 0 aliphatic rings. The second-order valence-electron chi connectivity index (χ2n) is 3.59. The van der Waals surface area contributed by atoms with E-state index in [4.69, 9.17) is 0 Å². The third-order valence-corrected chi connectivity index (χ3v) is 3.28. The fourth-order valence-electron chi connectivity index (χ4n) is 1.10. The number of anilines is 2. The van der Waals surface area contributed by atoms with Crippen LogP contribution in [0.5, 0.6) is 0 Å². The van der Waals surface area contributed by atoms with Gasteiger partial charge in [0, 0.05) is 14.1 Å². The van der Waals surface area contributed by atoms with E-state index in [0.717, 1.165) is 0 Å². The lowest BCUT2D eigenvalue weighted by molar-refractivity contribution is 0.600. The first-order valence-corrected chi connectivity index (χ1v) is 6.59. The predicted molar refractivity (Wildman–Crippen MR) is 64.1 cm³/mol. The van der Waals surface area contributed by atoms with E-state index < -0.39 is 10.0 Å². The summed E-state index contributed by atoms with van der Waals surface area (Å²) in [6.45, 7) is 1.81. The molecule has 0 fully saturated rings. The van der Waals surface area contributed by atoms with Crippen LogP contribution in [0.25, 0.3) is 0 Å². The number of sulfonamides is 1. The molecule has 6 nitrogen and oxygen atoms in total. The number of hydrogen-bond acceptors (Lipinski definition) is 5. The lowest BCUT2D eigenvalue weighted by Crippen LogP contribution is -2.17. The Morgan fingerprint density at radius 2 is 1.88 bits per heavy atom. The zero-order valence-electron chi connectivity index (χ0n) is 9.64. The fraction of sp³-hybridized carbons (Fsp3) is 0.556. The maximum atomic E-state index is 11.4. The first kappa shape index (κ1) is 12.7. The molecule has 16 heavy (non-hydrogen) atoms. The highest BCUT2D eigenvalue weighted by atomic mass is 32.2. The summed E-state index contributed by atoms with van der Waals surface area (Å²) >= 11 is 0. The highest BCUT2D eigenvalue weighted by molar-refractivity contribution is 7.92. The van der Waals surface area contributed by atoms with Crippen molar-refractivity contribution in [1.82, 2.24) is 9.97 Å². The van der Waals surface area contributed by atoms with Crippen LogP contribution in [0.4, 0.5) is 11.6 Å². The smallest absolute Gasteiger partial charge is 0.232 e.